The number of hydrogen-bond acceptors (Lipinski definition) is 3. The molecule has 19 heavy (non-hydrogen) atoms. The number of pyridine rings is 1. The second kappa shape index (κ2) is 6.26. The Hall–Kier alpha value is -1.98. The van der Waals surface area contributed by atoms with Gasteiger partial charge in [-0.1, -0.05) is 42.5 Å². The smallest absolute Gasteiger partial charge is 0.254 e. The molecule has 1 heterocycles. The number of hydrogen-bond donors (Lipinski definition) is 3. The standard InChI is InChI=1S/C14H14N2O2S/c17-12(10-5-2-1-3-6-10)9-16-13(18)11-7-4-8-15-14(11)19/h1-8,12,17H,9H2,(H,15,19)(H,16,18)/t12-/m1/s1. The van der Waals surface area contributed by atoms with Crippen LogP contribution in [0, 0.1) is 4.64 Å². The van der Waals surface area contributed by atoms with Gasteiger partial charge in [0.15, 0.2) is 0 Å². The van der Waals surface area contributed by atoms with E-state index in [1.54, 1.807) is 18.3 Å². The molecule has 0 bridgehead atoms. The number of carbonyl (C=O) groups is 1. The van der Waals surface area contributed by atoms with E-state index >= 15 is 0 Å². The Kier molecular flexibility index (Phi) is 4.43. The van der Waals surface area contributed by atoms with Gasteiger partial charge in [-0.2, -0.15) is 0 Å². The molecule has 0 aliphatic carbocycles. The van der Waals surface area contributed by atoms with E-state index in [4.69, 9.17) is 12.2 Å². The van der Waals surface area contributed by atoms with Crippen LogP contribution in [0.1, 0.15) is 22.0 Å². The van der Waals surface area contributed by atoms with Crippen molar-refractivity contribution in [3.05, 3.63) is 64.4 Å². The molecule has 1 amide bonds. The molecule has 5 heteroatoms. The van der Waals surface area contributed by atoms with Crippen LogP contribution in [0.4, 0.5) is 0 Å². The van der Waals surface area contributed by atoms with E-state index in [2.05, 4.69) is 10.3 Å². The number of benzene rings is 1. The molecular weight excluding hydrogens is 260 g/mol. The van der Waals surface area contributed by atoms with Crippen LogP contribution < -0.4 is 5.32 Å². The quantitative estimate of drug-likeness (QED) is 0.749. The van der Waals surface area contributed by atoms with Gasteiger partial charge in [-0.3, -0.25) is 4.79 Å². The third-order valence-corrected chi connectivity index (χ3v) is 3.04. The maximum absolute atomic E-state index is 11.9. The topological polar surface area (TPSA) is 65.1 Å². The van der Waals surface area contributed by atoms with Gasteiger partial charge in [-0.25, -0.2) is 0 Å². The van der Waals surface area contributed by atoms with Crippen LogP contribution in [0.3, 0.4) is 0 Å². The summed E-state index contributed by atoms with van der Waals surface area (Å²) in [6.45, 7) is 0.145. The SMILES string of the molecule is O=C(NC[C@@H](O)c1ccccc1)c1ccc[nH]c1=S. The van der Waals surface area contributed by atoms with E-state index in [9.17, 15) is 9.90 Å². The molecule has 1 aromatic heterocycles. The highest BCUT2D eigenvalue weighted by Crippen LogP contribution is 2.10. The van der Waals surface area contributed by atoms with Crippen LogP contribution in [0.2, 0.25) is 0 Å². The third kappa shape index (κ3) is 3.49. The normalized spacial score (nSPS) is 11.8. The molecule has 3 N–H and O–H groups in total. The maximum Gasteiger partial charge on any atom is 0.254 e. The lowest BCUT2D eigenvalue weighted by molar-refractivity contribution is 0.0915. The summed E-state index contributed by atoms with van der Waals surface area (Å²) < 4.78 is 0.384. The molecule has 1 atom stereocenters. The largest absolute Gasteiger partial charge is 0.387 e. The van der Waals surface area contributed by atoms with Crippen molar-refractivity contribution in [2.45, 2.75) is 6.10 Å². The van der Waals surface area contributed by atoms with Gasteiger partial charge in [0, 0.05) is 12.7 Å². The van der Waals surface area contributed by atoms with Gasteiger partial charge < -0.3 is 15.4 Å². The number of aliphatic hydroxyl groups excluding tert-OH is 1. The Labute approximate surface area is 116 Å². The van der Waals surface area contributed by atoms with E-state index in [1.165, 1.54) is 0 Å². The zero-order chi connectivity index (χ0) is 13.7. The van der Waals surface area contributed by atoms with Gasteiger partial charge in [-0.15, -0.1) is 0 Å². The van der Waals surface area contributed by atoms with Gasteiger partial charge in [0.25, 0.3) is 5.91 Å². The fourth-order valence-corrected chi connectivity index (χ4v) is 1.91. The molecule has 0 aliphatic rings. The highest BCUT2D eigenvalue weighted by Gasteiger charge is 2.11. The fraction of sp³-hybridized carbons (Fsp3) is 0.143. The summed E-state index contributed by atoms with van der Waals surface area (Å²) in [5.74, 6) is -0.295. The molecular formula is C14H14N2O2S. The summed E-state index contributed by atoms with van der Waals surface area (Å²) >= 11 is 5.02. The van der Waals surface area contributed by atoms with E-state index in [-0.39, 0.29) is 12.5 Å². The van der Waals surface area contributed by atoms with Crippen LogP contribution in [0.25, 0.3) is 0 Å². The predicted molar refractivity (Wildman–Crippen MR) is 75.4 cm³/mol. The summed E-state index contributed by atoms with van der Waals surface area (Å²) in [6.07, 6.45) is 0.934. The minimum absolute atomic E-state index is 0.145. The van der Waals surface area contributed by atoms with E-state index < -0.39 is 6.10 Å². The molecule has 98 valence electrons. The number of nitrogens with one attached hydrogen (secondary N) is 2. The van der Waals surface area contributed by atoms with Crippen LogP contribution in [0.5, 0.6) is 0 Å². The Morgan fingerprint density at radius 1 is 1.26 bits per heavy atom. The van der Waals surface area contributed by atoms with Crippen LogP contribution in [-0.2, 0) is 0 Å². The maximum atomic E-state index is 11.9. The lowest BCUT2D eigenvalue weighted by Crippen LogP contribution is -2.28. The predicted octanol–water partition coefficient (Wildman–Crippen LogP) is 2.21. The summed E-state index contributed by atoms with van der Waals surface area (Å²) in [5, 5.41) is 12.6. The Balaban J connectivity index is 1.98. The summed E-state index contributed by atoms with van der Waals surface area (Å²) in [4.78, 5) is 14.7. The minimum atomic E-state index is -0.730. The molecule has 0 saturated carbocycles. The fourth-order valence-electron chi connectivity index (χ4n) is 1.68. The minimum Gasteiger partial charge on any atom is -0.387 e. The number of aliphatic hydroxyl groups is 1. The summed E-state index contributed by atoms with van der Waals surface area (Å²) in [5.41, 5.74) is 1.17. The van der Waals surface area contributed by atoms with Crippen LogP contribution in [0.15, 0.2) is 48.7 Å². The monoisotopic (exact) mass is 274 g/mol. The van der Waals surface area contributed by atoms with Crippen molar-refractivity contribution in [2.75, 3.05) is 6.54 Å². The zero-order valence-corrected chi connectivity index (χ0v) is 11.0. The average molecular weight is 274 g/mol. The number of carbonyl (C=O) groups excluding carboxylic acids is 1. The molecule has 0 aliphatic heterocycles. The van der Waals surface area contributed by atoms with Crippen molar-refractivity contribution in [3.63, 3.8) is 0 Å². The Bertz CT molecular complexity index is 610. The van der Waals surface area contributed by atoms with Crippen molar-refractivity contribution in [2.24, 2.45) is 0 Å². The van der Waals surface area contributed by atoms with E-state index in [0.717, 1.165) is 5.56 Å². The molecule has 0 fully saturated rings. The first-order chi connectivity index (χ1) is 9.18. The first kappa shape index (κ1) is 13.5. The van der Waals surface area contributed by atoms with Gasteiger partial charge in [0.05, 0.1) is 11.7 Å². The van der Waals surface area contributed by atoms with Gasteiger partial charge >= 0.3 is 0 Å². The number of aromatic nitrogens is 1. The number of rotatable bonds is 4. The summed E-state index contributed by atoms with van der Waals surface area (Å²) in [6, 6.07) is 12.5. The highest BCUT2D eigenvalue weighted by molar-refractivity contribution is 7.71. The lowest BCUT2D eigenvalue weighted by atomic mass is 10.1. The van der Waals surface area contributed by atoms with Crippen molar-refractivity contribution < 1.29 is 9.90 Å². The first-order valence-corrected chi connectivity index (χ1v) is 6.28. The molecule has 1 aromatic carbocycles. The molecule has 0 radical (unpaired) electrons. The van der Waals surface area contributed by atoms with Crippen molar-refractivity contribution in [1.29, 1.82) is 0 Å². The van der Waals surface area contributed by atoms with Crippen LogP contribution >= 0.6 is 12.2 Å². The number of amides is 1. The molecule has 0 saturated heterocycles. The molecule has 0 spiro atoms. The molecule has 4 nitrogen and oxygen atoms in total. The van der Waals surface area contributed by atoms with Gasteiger partial charge in [-0.05, 0) is 17.7 Å². The lowest BCUT2D eigenvalue weighted by Gasteiger charge is -2.12. The van der Waals surface area contributed by atoms with E-state index in [0.29, 0.717) is 10.2 Å². The van der Waals surface area contributed by atoms with Crippen LogP contribution in [-0.4, -0.2) is 22.5 Å². The second-order valence-electron chi connectivity index (χ2n) is 4.05. The average Bonchev–Trinajstić information content (AvgIpc) is 2.46. The summed E-state index contributed by atoms with van der Waals surface area (Å²) in [7, 11) is 0. The Morgan fingerprint density at radius 2 is 2.00 bits per heavy atom. The van der Waals surface area contributed by atoms with E-state index in [1.807, 2.05) is 30.3 Å². The Morgan fingerprint density at radius 3 is 2.68 bits per heavy atom. The molecule has 2 rings (SSSR count). The van der Waals surface area contributed by atoms with Crippen molar-refractivity contribution in [3.8, 4) is 0 Å². The van der Waals surface area contributed by atoms with Gasteiger partial charge in [0.2, 0.25) is 0 Å². The van der Waals surface area contributed by atoms with Gasteiger partial charge in [0.1, 0.15) is 4.64 Å². The zero-order valence-electron chi connectivity index (χ0n) is 10.2. The van der Waals surface area contributed by atoms with Crippen molar-refractivity contribution in [1.82, 2.24) is 10.3 Å². The highest BCUT2D eigenvalue weighted by atomic mass is 32.1. The second-order valence-corrected chi connectivity index (χ2v) is 4.46. The number of aromatic amines is 1. The van der Waals surface area contributed by atoms with Crippen molar-refractivity contribution >= 4 is 18.1 Å². The molecule has 2 aromatic rings. The number of H-pyrrole nitrogens is 1. The first-order valence-electron chi connectivity index (χ1n) is 5.87. The molecule has 0 unspecified atom stereocenters. The third-order valence-electron chi connectivity index (χ3n) is 2.70.